The van der Waals surface area contributed by atoms with Gasteiger partial charge >= 0.3 is 0 Å². The van der Waals surface area contributed by atoms with Crippen molar-refractivity contribution >= 4 is 40.1 Å². The van der Waals surface area contributed by atoms with Crippen LogP contribution in [0.3, 0.4) is 0 Å². The van der Waals surface area contributed by atoms with E-state index in [0.29, 0.717) is 10.6 Å². The SMILES string of the molecule is C=CCOC1O[C@H](CN)[C@@H](O)[C@H](O)[C@H]1NC(=O)c1cc(Cl)cc(I)c1. The molecule has 1 amide bonds. The van der Waals surface area contributed by atoms with Crippen LogP contribution >= 0.6 is 34.2 Å². The molecule has 1 aliphatic rings. The summed E-state index contributed by atoms with van der Waals surface area (Å²) in [5.41, 5.74) is 5.86. The molecule has 0 saturated carbocycles. The number of ether oxygens (including phenoxy) is 2. The summed E-state index contributed by atoms with van der Waals surface area (Å²) in [6, 6.07) is 3.88. The van der Waals surface area contributed by atoms with Gasteiger partial charge in [-0.2, -0.15) is 0 Å². The molecule has 1 unspecified atom stereocenters. The van der Waals surface area contributed by atoms with E-state index in [-0.39, 0.29) is 13.2 Å². The number of carbonyl (C=O) groups excluding carboxylic acids is 1. The lowest BCUT2D eigenvalue weighted by atomic mass is 9.96. The molecule has 1 aromatic rings. The molecule has 5 atom stereocenters. The van der Waals surface area contributed by atoms with Crippen LogP contribution in [0.15, 0.2) is 30.9 Å². The van der Waals surface area contributed by atoms with Gasteiger partial charge in [-0.25, -0.2) is 0 Å². The van der Waals surface area contributed by atoms with Crippen LogP contribution in [0.1, 0.15) is 10.4 Å². The van der Waals surface area contributed by atoms with Gasteiger partial charge in [-0.15, -0.1) is 6.58 Å². The van der Waals surface area contributed by atoms with Crippen LogP contribution < -0.4 is 11.1 Å². The number of aliphatic hydroxyl groups excluding tert-OH is 2. The second-order valence-corrected chi connectivity index (χ2v) is 7.22. The number of hydrogen-bond donors (Lipinski definition) is 4. The summed E-state index contributed by atoms with van der Waals surface area (Å²) in [5.74, 6) is -0.473. The van der Waals surface area contributed by atoms with Crippen molar-refractivity contribution in [1.82, 2.24) is 5.32 Å². The van der Waals surface area contributed by atoms with Gasteiger partial charge in [0.25, 0.3) is 5.91 Å². The molecule has 25 heavy (non-hydrogen) atoms. The first-order valence-electron chi connectivity index (χ1n) is 7.58. The second kappa shape index (κ2) is 9.26. The van der Waals surface area contributed by atoms with Crippen LogP contribution in [0.2, 0.25) is 5.02 Å². The molecule has 5 N–H and O–H groups in total. The van der Waals surface area contributed by atoms with E-state index in [2.05, 4.69) is 11.9 Å². The lowest BCUT2D eigenvalue weighted by Crippen LogP contribution is -2.65. The highest BCUT2D eigenvalue weighted by Crippen LogP contribution is 2.23. The maximum Gasteiger partial charge on any atom is 0.251 e. The Labute approximate surface area is 164 Å². The van der Waals surface area contributed by atoms with Crippen molar-refractivity contribution in [3.05, 3.63) is 45.0 Å². The highest BCUT2D eigenvalue weighted by Gasteiger charge is 2.45. The van der Waals surface area contributed by atoms with Gasteiger partial charge in [0.1, 0.15) is 24.4 Å². The van der Waals surface area contributed by atoms with E-state index in [0.717, 1.165) is 3.57 Å². The Morgan fingerprint density at radius 3 is 2.76 bits per heavy atom. The maximum atomic E-state index is 12.5. The molecule has 1 saturated heterocycles. The summed E-state index contributed by atoms with van der Waals surface area (Å²) in [7, 11) is 0. The first-order valence-corrected chi connectivity index (χ1v) is 9.04. The number of amides is 1. The molecule has 9 heteroatoms. The summed E-state index contributed by atoms with van der Waals surface area (Å²) in [6.07, 6.45) is -2.83. The van der Waals surface area contributed by atoms with E-state index in [1.54, 1.807) is 12.1 Å². The van der Waals surface area contributed by atoms with Gasteiger partial charge in [-0.05, 0) is 40.8 Å². The molecule has 7 nitrogen and oxygen atoms in total. The molecule has 1 heterocycles. The smallest absolute Gasteiger partial charge is 0.251 e. The quantitative estimate of drug-likeness (QED) is 0.350. The monoisotopic (exact) mass is 482 g/mol. The predicted octanol–water partition coefficient (Wildman–Crippen LogP) is 0.651. The number of nitrogens with one attached hydrogen (secondary N) is 1. The predicted molar refractivity (Wildman–Crippen MR) is 101 cm³/mol. The average Bonchev–Trinajstić information content (AvgIpc) is 2.57. The molecule has 0 aromatic heterocycles. The first kappa shape index (κ1) is 20.6. The largest absolute Gasteiger partial charge is 0.388 e. The van der Waals surface area contributed by atoms with Crippen molar-refractivity contribution < 1.29 is 24.5 Å². The van der Waals surface area contributed by atoms with Gasteiger partial charge < -0.3 is 30.7 Å². The van der Waals surface area contributed by atoms with Crippen molar-refractivity contribution in [3.63, 3.8) is 0 Å². The van der Waals surface area contributed by atoms with Crippen molar-refractivity contribution in [3.8, 4) is 0 Å². The number of halogens is 2. The molecular formula is C16H20ClIN2O5. The summed E-state index contributed by atoms with van der Waals surface area (Å²) in [6.45, 7) is 3.70. The Bertz CT molecular complexity index is 612. The Balaban J connectivity index is 2.20. The molecule has 1 aromatic carbocycles. The number of aliphatic hydroxyl groups is 2. The van der Waals surface area contributed by atoms with Crippen LogP contribution in [-0.4, -0.2) is 59.9 Å². The van der Waals surface area contributed by atoms with Gasteiger partial charge in [-0.1, -0.05) is 17.7 Å². The normalized spacial score (nSPS) is 29.2. The highest BCUT2D eigenvalue weighted by molar-refractivity contribution is 14.1. The molecule has 0 radical (unpaired) electrons. The number of nitrogens with two attached hydrogens (primary N) is 1. The fraction of sp³-hybridized carbons (Fsp3) is 0.438. The Morgan fingerprint density at radius 1 is 1.44 bits per heavy atom. The summed E-state index contributed by atoms with van der Waals surface area (Å²) < 4.78 is 11.8. The van der Waals surface area contributed by atoms with Crippen molar-refractivity contribution in [1.29, 1.82) is 0 Å². The van der Waals surface area contributed by atoms with E-state index in [1.165, 1.54) is 12.1 Å². The fourth-order valence-corrected chi connectivity index (χ4v) is 3.59. The Morgan fingerprint density at radius 2 is 2.16 bits per heavy atom. The lowest BCUT2D eigenvalue weighted by Gasteiger charge is -2.42. The zero-order valence-electron chi connectivity index (χ0n) is 13.3. The minimum atomic E-state index is -1.31. The zero-order chi connectivity index (χ0) is 18.6. The first-order chi connectivity index (χ1) is 11.9. The third-order valence-electron chi connectivity index (χ3n) is 3.73. The minimum Gasteiger partial charge on any atom is -0.388 e. The molecule has 138 valence electrons. The minimum absolute atomic E-state index is 0.000664. The summed E-state index contributed by atoms with van der Waals surface area (Å²) in [4.78, 5) is 12.5. The number of benzene rings is 1. The third kappa shape index (κ3) is 5.13. The van der Waals surface area contributed by atoms with E-state index in [1.807, 2.05) is 22.6 Å². The van der Waals surface area contributed by atoms with Crippen LogP contribution in [0.4, 0.5) is 0 Å². The standard InChI is InChI=1S/C16H20ClIN2O5/c1-2-3-24-16-12(14(22)13(21)11(7-19)25-16)20-15(23)8-4-9(17)6-10(18)5-8/h2,4-6,11-14,16,21-22H,1,3,7,19H2,(H,20,23)/t11-,12-,13-,14-,16?/m1/s1. The molecule has 0 spiro atoms. The second-order valence-electron chi connectivity index (χ2n) is 5.54. The zero-order valence-corrected chi connectivity index (χ0v) is 16.2. The Hall–Kier alpha value is -0.750. The van der Waals surface area contributed by atoms with Gasteiger partial charge in [0.05, 0.1) is 6.61 Å². The van der Waals surface area contributed by atoms with Gasteiger partial charge in [0, 0.05) is 20.7 Å². The average molecular weight is 483 g/mol. The van der Waals surface area contributed by atoms with Crippen molar-refractivity contribution in [2.45, 2.75) is 30.6 Å². The molecule has 1 fully saturated rings. The molecule has 2 rings (SSSR count). The molecule has 1 aliphatic heterocycles. The van der Waals surface area contributed by atoms with E-state index in [9.17, 15) is 15.0 Å². The van der Waals surface area contributed by atoms with Crippen molar-refractivity contribution in [2.24, 2.45) is 5.73 Å². The van der Waals surface area contributed by atoms with E-state index >= 15 is 0 Å². The van der Waals surface area contributed by atoms with Crippen LogP contribution in [0.5, 0.6) is 0 Å². The van der Waals surface area contributed by atoms with Gasteiger partial charge in [0.2, 0.25) is 0 Å². The number of rotatable bonds is 6. The van der Waals surface area contributed by atoms with Crippen LogP contribution in [0.25, 0.3) is 0 Å². The Kier molecular flexibility index (Phi) is 7.62. The van der Waals surface area contributed by atoms with Crippen molar-refractivity contribution in [2.75, 3.05) is 13.2 Å². The maximum absolute atomic E-state index is 12.5. The third-order valence-corrected chi connectivity index (χ3v) is 4.58. The van der Waals surface area contributed by atoms with Crippen LogP contribution in [-0.2, 0) is 9.47 Å². The summed E-state index contributed by atoms with van der Waals surface area (Å²) >= 11 is 8.02. The topological polar surface area (TPSA) is 114 Å². The van der Waals surface area contributed by atoms with Gasteiger partial charge in [-0.3, -0.25) is 4.79 Å². The molecule has 0 aliphatic carbocycles. The fourth-order valence-electron chi connectivity index (χ4n) is 2.50. The number of hydrogen-bond acceptors (Lipinski definition) is 6. The van der Waals surface area contributed by atoms with E-state index < -0.39 is 36.6 Å². The summed E-state index contributed by atoms with van der Waals surface area (Å²) in [5, 5.41) is 23.6. The molecule has 0 bridgehead atoms. The molecular weight excluding hydrogens is 463 g/mol. The highest BCUT2D eigenvalue weighted by atomic mass is 127. The number of carbonyl (C=O) groups is 1. The van der Waals surface area contributed by atoms with E-state index in [4.69, 9.17) is 26.8 Å². The van der Waals surface area contributed by atoms with Crippen LogP contribution in [0, 0.1) is 3.57 Å². The lowest BCUT2D eigenvalue weighted by molar-refractivity contribution is -0.257. The van der Waals surface area contributed by atoms with Gasteiger partial charge in [0.15, 0.2) is 6.29 Å².